The van der Waals surface area contributed by atoms with Gasteiger partial charge in [-0.15, -0.1) is 0 Å². The molecular weight excluding hydrogens is 297 g/mol. The van der Waals surface area contributed by atoms with Crippen molar-refractivity contribution < 1.29 is 22.8 Å². The second-order valence-electron chi connectivity index (χ2n) is 5.63. The van der Waals surface area contributed by atoms with E-state index in [2.05, 4.69) is 5.32 Å². The van der Waals surface area contributed by atoms with Crippen LogP contribution in [0.5, 0.6) is 0 Å². The maximum Gasteiger partial charge on any atom is 0.416 e. The summed E-state index contributed by atoms with van der Waals surface area (Å²) in [6.07, 6.45) is -2.14. The number of fused-ring (bicyclic) bond motifs is 1. The molecule has 2 aliphatic rings. The van der Waals surface area contributed by atoms with Crippen molar-refractivity contribution in [2.45, 2.75) is 37.5 Å². The summed E-state index contributed by atoms with van der Waals surface area (Å²) in [5, 5.41) is 2.28. The van der Waals surface area contributed by atoms with Crippen LogP contribution in [0, 0.1) is 0 Å². The zero-order valence-corrected chi connectivity index (χ0v) is 11.7. The van der Waals surface area contributed by atoms with Crippen molar-refractivity contribution in [2.75, 3.05) is 6.54 Å². The number of piperazine rings is 1. The summed E-state index contributed by atoms with van der Waals surface area (Å²) in [6.45, 7) is 0.532. The highest BCUT2D eigenvalue weighted by atomic mass is 19.4. The van der Waals surface area contributed by atoms with Crippen LogP contribution < -0.4 is 5.32 Å². The highest BCUT2D eigenvalue weighted by molar-refractivity contribution is 6.03. The molecule has 0 saturated carbocycles. The van der Waals surface area contributed by atoms with Crippen LogP contribution in [0.4, 0.5) is 13.2 Å². The van der Waals surface area contributed by atoms with Gasteiger partial charge in [0.15, 0.2) is 0 Å². The molecule has 1 aromatic carbocycles. The van der Waals surface area contributed by atoms with Crippen LogP contribution in [0.25, 0.3) is 0 Å². The molecule has 0 radical (unpaired) electrons. The number of piperidine rings is 1. The largest absolute Gasteiger partial charge is 0.416 e. The Morgan fingerprint density at radius 1 is 1.14 bits per heavy atom. The number of hydrogen-bond acceptors (Lipinski definition) is 3. The topological polar surface area (TPSA) is 49.4 Å². The summed E-state index contributed by atoms with van der Waals surface area (Å²) in [5.41, 5.74) is -0.519. The fourth-order valence-corrected chi connectivity index (χ4v) is 3.20. The number of carbonyl (C=O) groups is 2. The Labute approximate surface area is 125 Å². The van der Waals surface area contributed by atoms with E-state index >= 15 is 0 Å². The van der Waals surface area contributed by atoms with Crippen LogP contribution in [-0.4, -0.2) is 29.3 Å². The van der Waals surface area contributed by atoms with Crippen LogP contribution in [0.2, 0.25) is 0 Å². The Morgan fingerprint density at radius 3 is 2.64 bits per heavy atom. The Morgan fingerprint density at radius 2 is 1.91 bits per heavy atom. The second kappa shape index (κ2) is 5.39. The molecular formula is C15H15F3N2O2. The molecule has 2 aliphatic heterocycles. The first-order valence-electron chi connectivity index (χ1n) is 7.15. The van der Waals surface area contributed by atoms with E-state index in [1.54, 1.807) is 4.90 Å². The van der Waals surface area contributed by atoms with Crippen molar-refractivity contribution in [3.63, 3.8) is 0 Å². The fourth-order valence-electron chi connectivity index (χ4n) is 3.20. The third-order valence-corrected chi connectivity index (χ3v) is 4.20. The number of benzene rings is 1. The number of halogens is 3. The quantitative estimate of drug-likeness (QED) is 0.809. The summed E-state index contributed by atoms with van der Waals surface area (Å²) < 4.78 is 38.6. The first-order chi connectivity index (χ1) is 10.4. The number of amides is 2. The summed E-state index contributed by atoms with van der Waals surface area (Å²) in [6, 6.07) is 3.48. The van der Waals surface area contributed by atoms with Gasteiger partial charge in [-0.1, -0.05) is 18.6 Å². The maximum atomic E-state index is 12.9. The van der Waals surface area contributed by atoms with E-state index in [1.807, 2.05) is 0 Å². The van der Waals surface area contributed by atoms with Gasteiger partial charge in [0.1, 0.15) is 6.04 Å². The molecule has 2 fully saturated rings. The minimum absolute atomic E-state index is 0.270. The normalized spacial score (nSPS) is 26.5. The molecule has 1 aromatic rings. The Kier molecular flexibility index (Phi) is 3.68. The van der Waals surface area contributed by atoms with Gasteiger partial charge in [0.2, 0.25) is 11.8 Å². The minimum Gasteiger partial charge on any atom is -0.293 e. The molecule has 4 nitrogen and oxygen atoms in total. The van der Waals surface area contributed by atoms with Gasteiger partial charge in [-0.05, 0) is 30.5 Å². The number of rotatable bonds is 1. The molecule has 0 spiro atoms. The Bertz CT molecular complexity index is 615. The highest BCUT2D eigenvalue weighted by Crippen LogP contribution is 2.35. The van der Waals surface area contributed by atoms with E-state index in [9.17, 15) is 22.8 Å². The highest BCUT2D eigenvalue weighted by Gasteiger charge is 2.43. The van der Waals surface area contributed by atoms with Crippen LogP contribution in [0.1, 0.15) is 36.4 Å². The first kappa shape index (κ1) is 15.0. The standard InChI is InChI=1S/C15H15F3N2O2/c16-15(17,18)10-5-3-4-9(8-10)12-14(22)19-13(21)11-6-1-2-7-20(11)12/h3-5,8,11-12H,1-2,6-7H2,(H,19,21,22)/t11-,12+/m1/s1. The second-order valence-corrected chi connectivity index (χ2v) is 5.63. The van der Waals surface area contributed by atoms with Crippen LogP contribution >= 0.6 is 0 Å². The van der Waals surface area contributed by atoms with Crippen LogP contribution in [0.3, 0.4) is 0 Å². The number of carbonyl (C=O) groups excluding carboxylic acids is 2. The van der Waals surface area contributed by atoms with Gasteiger partial charge in [0.25, 0.3) is 0 Å². The molecule has 22 heavy (non-hydrogen) atoms. The predicted octanol–water partition coefficient (Wildman–Crippen LogP) is 2.26. The Hall–Kier alpha value is -1.89. The number of nitrogens with one attached hydrogen (secondary N) is 1. The van der Waals surface area contributed by atoms with Crippen molar-refractivity contribution in [3.8, 4) is 0 Å². The molecule has 0 bridgehead atoms. The van der Waals surface area contributed by atoms with Gasteiger partial charge in [-0.3, -0.25) is 19.8 Å². The zero-order chi connectivity index (χ0) is 15.9. The van der Waals surface area contributed by atoms with Gasteiger partial charge < -0.3 is 0 Å². The number of imide groups is 1. The number of hydrogen-bond donors (Lipinski definition) is 1. The smallest absolute Gasteiger partial charge is 0.293 e. The van der Waals surface area contributed by atoms with Crippen molar-refractivity contribution in [1.82, 2.24) is 10.2 Å². The van der Waals surface area contributed by atoms with E-state index in [0.717, 1.165) is 25.0 Å². The van der Waals surface area contributed by atoms with Crippen molar-refractivity contribution in [3.05, 3.63) is 35.4 Å². The van der Waals surface area contributed by atoms with Gasteiger partial charge >= 0.3 is 6.18 Å². The average molecular weight is 312 g/mol. The Balaban J connectivity index is 1.98. The lowest BCUT2D eigenvalue weighted by molar-refractivity contribution is -0.147. The number of alkyl halides is 3. The molecule has 7 heteroatoms. The van der Waals surface area contributed by atoms with E-state index in [0.29, 0.717) is 13.0 Å². The summed E-state index contributed by atoms with van der Waals surface area (Å²) in [7, 11) is 0. The van der Waals surface area contributed by atoms with E-state index in [4.69, 9.17) is 0 Å². The predicted molar refractivity (Wildman–Crippen MR) is 71.7 cm³/mol. The number of nitrogens with zero attached hydrogens (tertiary/aromatic N) is 1. The molecule has 0 unspecified atom stereocenters. The maximum absolute atomic E-state index is 12.9. The average Bonchev–Trinajstić information content (AvgIpc) is 2.47. The lowest BCUT2D eigenvalue weighted by atomic mass is 9.92. The van der Waals surface area contributed by atoms with Gasteiger partial charge in [-0.2, -0.15) is 13.2 Å². The van der Waals surface area contributed by atoms with E-state index in [1.165, 1.54) is 12.1 Å². The summed E-state index contributed by atoms with van der Waals surface area (Å²) in [4.78, 5) is 25.8. The third-order valence-electron chi connectivity index (χ3n) is 4.20. The fraction of sp³-hybridized carbons (Fsp3) is 0.467. The lowest BCUT2D eigenvalue weighted by Crippen LogP contribution is -2.60. The van der Waals surface area contributed by atoms with Gasteiger partial charge in [0.05, 0.1) is 11.6 Å². The monoisotopic (exact) mass is 312 g/mol. The molecule has 2 saturated heterocycles. The SMILES string of the molecule is O=C1NC(=O)[C@H](c2cccc(C(F)(F)F)c2)N2CCCC[C@H]12. The zero-order valence-electron chi connectivity index (χ0n) is 11.7. The molecule has 1 N–H and O–H groups in total. The third kappa shape index (κ3) is 2.61. The first-order valence-corrected chi connectivity index (χ1v) is 7.15. The van der Waals surface area contributed by atoms with Gasteiger partial charge in [-0.25, -0.2) is 0 Å². The van der Waals surface area contributed by atoms with Gasteiger partial charge in [0, 0.05) is 6.54 Å². The summed E-state index contributed by atoms with van der Waals surface area (Å²) >= 11 is 0. The molecule has 2 amide bonds. The summed E-state index contributed by atoms with van der Waals surface area (Å²) in [5.74, 6) is -0.907. The van der Waals surface area contributed by atoms with Crippen molar-refractivity contribution in [1.29, 1.82) is 0 Å². The van der Waals surface area contributed by atoms with Crippen LogP contribution in [0.15, 0.2) is 24.3 Å². The molecule has 0 aliphatic carbocycles. The molecule has 118 valence electrons. The molecule has 2 atom stereocenters. The lowest BCUT2D eigenvalue weighted by Gasteiger charge is -2.43. The van der Waals surface area contributed by atoms with Crippen molar-refractivity contribution >= 4 is 11.8 Å². The van der Waals surface area contributed by atoms with E-state index in [-0.39, 0.29) is 11.5 Å². The molecule has 0 aromatic heterocycles. The molecule has 3 rings (SSSR count). The van der Waals surface area contributed by atoms with E-state index < -0.39 is 29.7 Å². The van der Waals surface area contributed by atoms with Crippen LogP contribution in [-0.2, 0) is 15.8 Å². The minimum atomic E-state index is -4.46. The van der Waals surface area contributed by atoms with Crippen molar-refractivity contribution in [2.24, 2.45) is 0 Å². The molecule has 2 heterocycles.